The maximum atomic E-state index is 10.3. The summed E-state index contributed by atoms with van der Waals surface area (Å²) in [5.41, 5.74) is 3.36. The molecule has 0 bridgehead atoms. The topological polar surface area (TPSA) is 17.1 Å². The predicted octanol–water partition coefficient (Wildman–Crippen LogP) is 3.26. The van der Waals surface area contributed by atoms with Crippen LogP contribution in [0.2, 0.25) is 0 Å². The molecule has 0 heterocycles. The second-order valence-electron chi connectivity index (χ2n) is 2.98. The Morgan fingerprint density at radius 2 is 2.00 bits per heavy atom. The molecule has 1 heteroatoms. The molecule has 12 heavy (non-hydrogen) atoms. The molecule has 0 saturated heterocycles. The minimum atomic E-state index is 0.714. The minimum Gasteiger partial charge on any atom is -0.298 e. The molecule has 0 N–H and O–H groups in total. The monoisotopic (exact) mass is 166 g/mol. The van der Waals surface area contributed by atoms with Crippen molar-refractivity contribution in [1.82, 2.24) is 0 Å². The number of carbonyl (C=O) groups excluding carboxylic acids is 1. The third kappa shape index (κ3) is 5.94. The quantitative estimate of drug-likeness (QED) is 0.245. The Kier molecular flexibility index (Phi) is 7.73. The van der Waals surface area contributed by atoms with Gasteiger partial charge in [-0.25, -0.2) is 0 Å². The average Bonchev–Trinajstić information content (AvgIpc) is 2.11. The van der Waals surface area contributed by atoms with Gasteiger partial charge in [-0.15, -0.1) is 5.73 Å². The molecule has 0 aromatic heterocycles. The van der Waals surface area contributed by atoms with Gasteiger partial charge in [0.25, 0.3) is 0 Å². The SMILES string of the molecule is C=C=C(C=O)CCCCCCC. The molecule has 0 fully saturated rings. The van der Waals surface area contributed by atoms with Crippen molar-refractivity contribution >= 4 is 6.29 Å². The van der Waals surface area contributed by atoms with E-state index in [0.717, 1.165) is 19.1 Å². The summed E-state index contributed by atoms with van der Waals surface area (Å²) >= 11 is 0. The van der Waals surface area contributed by atoms with Gasteiger partial charge in [-0.05, 0) is 12.8 Å². The molecular weight excluding hydrogens is 148 g/mol. The number of aldehydes is 1. The Bertz CT molecular complexity index is 164. The minimum absolute atomic E-state index is 0.714. The van der Waals surface area contributed by atoms with Gasteiger partial charge in [0.2, 0.25) is 0 Å². The Morgan fingerprint density at radius 3 is 2.50 bits per heavy atom. The molecule has 0 aromatic rings. The highest BCUT2D eigenvalue weighted by Crippen LogP contribution is 2.08. The van der Waals surface area contributed by atoms with Crippen LogP contribution in [0.25, 0.3) is 0 Å². The van der Waals surface area contributed by atoms with E-state index in [1.54, 1.807) is 0 Å². The van der Waals surface area contributed by atoms with Gasteiger partial charge < -0.3 is 0 Å². The van der Waals surface area contributed by atoms with Crippen molar-refractivity contribution in [3.63, 3.8) is 0 Å². The molecule has 0 amide bonds. The van der Waals surface area contributed by atoms with Crippen molar-refractivity contribution in [2.24, 2.45) is 0 Å². The van der Waals surface area contributed by atoms with Crippen molar-refractivity contribution in [3.05, 3.63) is 17.9 Å². The van der Waals surface area contributed by atoms with E-state index in [0.29, 0.717) is 5.57 Å². The number of allylic oxidation sites excluding steroid dienone is 1. The molecule has 1 nitrogen and oxygen atoms in total. The maximum Gasteiger partial charge on any atom is 0.153 e. The first kappa shape index (κ1) is 11.2. The summed E-state index contributed by atoms with van der Waals surface area (Å²) < 4.78 is 0. The third-order valence-electron chi connectivity index (χ3n) is 1.92. The molecule has 0 radical (unpaired) electrons. The first-order valence-electron chi connectivity index (χ1n) is 4.69. The molecule has 0 rings (SSSR count). The second-order valence-corrected chi connectivity index (χ2v) is 2.98. The third-order valence-corrected chi connectivity index (χ3v) is 1.92. The van der Waals surface area contributed by atoms with Crippen LogP contribution in [0, 0.1) is 0 Å². The Hall–Kier alpha value is -0.810. The number of hydrogen-bond donors (Lipinski definition) is 0. The Balaban J connectivity index is 3.30. The molecule has 0 aliphatic rings. The summed E-state index contributed by atoms with van der Waals surface area (Å²) in [6.07, 6.45) is 7.85. The van der Waals surface area contributed by atoms with Gasteiger partial charge in [-0.1, -0.05) is 39.2 Å². The molecule has 0 aromatic carbocycles. The summed E-state index contributed by atoms with van der Waals surface area (Å²) in [6.45, 7) is 5.65. The lowest BCUT2D eigenvalue weighted by Crippen LogP contribution is -1.84. The highest BCUT2D eigenvalue weighted by molar-refractivity contribution is 5.72. The second kappa shape index (κ2) is 8.29. The van der Waals surface area contributed by atoms with E-state index < -0.39 is 0 Å². The molecular formula is C11H18O. The zero-order valence-corrected chi connectivity index (χ0v) is 7.94. The largest absolute Gasteiger partial charge is 0.298 e. The summed E-state index contributed by atoms with van der Waals surface area (Å²) in [4.78, 5) is 10.3. The van der Waals surface area contributed by atoms with Gasteiger partial charge in [0.05, 0.1) is 0 Å². The van der Waals surface area contributed by atoms with Gasteiger partial charge in [-0.3, -0.25) is 4.79 Å². The van der Waals surface area contributed by atoms with Crippen LogP contribution in [0.3, 0.4) is 0 Å². The van der Waals surface area contributed by atoms with Crippen molar-refractivity contribution in [2.45, 2.75) is 45.4 Å². The van der Waals surface area contributed by atoms with Crippen LogP contribution in [0.1, 0.15) is 45.4 Å². The van der Waals surface area contributed by atoms with Crippen LogP contribution in [-0.4, -0.2) is 6.29 Å². The summed E-state index contributed by atoms with van der Waals surface area (Å²) in [7, 11) is 0. The van der Waals surface area contributed by atoms with Crippen molar-refractivity contribution < 1.29 is 4.79 Å². The molecule has 0 saturated carbocycles. The van der Waals surface area contributed by atoms with Crippen LogP contribution in [-0.2, 0) is 4.79 Å². The predicted molar refractivity (Wildman–Crippen MR) is 52.1 cm³/mol. The molecule has 0 atom stereocenters. The van der Waals surface area contributed by atoms with E-state index in [1.165, 1.54) is 25.7 Å². The molecule has 0 unspecified atom stereocenters. The summed E-state index contributed by atoms with van der Waals surface area (Å²) in [5.74, 6) is 0. The van der Waals surface area contributed by atoms with Gasteiger partial charge >= 0.3 is 0 Å². The first-order valence-corrected chi connectivity index (χ1v) is 4.69. The number of carbonyl (C=O) groups is 1. The lowest BCUT2D eigenvalue weighted by molar-refractivity contribution is -0.105. The highest BCUT2D eigenvalue weighted by atomic mass is 16.1. The van der Waals surface area contributed by atoms with Crippen molar-refractivity contribution in [2.75, 3.05) is 0 Å². The fourth-order valence-corrected chi connectivity index (χ4v) is 1.11. The van der Waals surface area contributed by atoms with E-state index in [1.807, 2.05) is 0 Å². The Morgan fingerprint density at radius 1 is 1.33 bits per heavy atom. The zero-order chi connectivity index (χ0) is 9.23. The number of rotatable bonds is 7. The van der Waals surface area contributed by atoms with Crippen LogP contribution in [0.4, 0.5) is 0 Å². The molecule has 68 valence electrons. The highest BCUT2D eigenvalue weighted by Gasteiger charge is 1.93. The Labute approximate surface area is 75.2 Å². The fraction of sp³-hybridized carbons (Fsp3) is 0.636. The van der Waals surface area contributed by atoms with E-state index in [2.05, 4.69) is 19.2 Å². The standard InChI is InChI=1S/C11H18O/c1-3-5-6-7-8-9-11(4-2)10-12/h10H,2-3,5-9H2,1H3. The van der Waals surface area contributed by atoms with E-state index >= 15 is 0 Å². The smallest absolute Gasteiger partial charge is 0.153 e. The van der Waals surface area contributed by atoms with Crippen LogP contribution < -0.4 is 0 Å². The zero-order valence-electron chi connectivity index (χ0n) is 7.94. The number of unbranched alkanes of at least 4 members (excludes halogenated alkanes) is 4. The summed E-state index contributed by atoms with van der Waals surface area (Å²) in [6, 6.07) is 0. The van der Waals surface area contributed by atoms with E-state index in [9.17, 15) is 4.79 Å². The lowest BCUT2D eigenvalue weighted by atomic mass is 10.1. The van der Waals surface area contributed by atoms with E-state index in [-0.39, 0.29) is 0 Å². The fourth-order valence-electron chi connectivity index (χ4n) is 1.11. The average molecular weight is 166 g/mol. The number of hydrogen-bond acceptors (Lipinski definition) is 1. The van der Waals surface area contributed by atoms with Gasteiger partial charge in [0, 0.05) is 5.57 Å². The first-order chi connectivity index (χ1) is 5.85. The van der Waals surface area contributed by atoms with Gasteiger partial charge in [0.15, 0.2) is 6.29 Å². The normalized spacial score (nSPS) is 9.08. The maximum absolute atomic E-state index is 10.3. The lowest BCUT2D eigenvalue weighted by Gasteiger charge is -1.97. The van der Waals surface area contributed by atoms with E-state index in [4.69, 9.17) is 0 Å². The molecule has 0 aliphatic carbocycles. The van der Waals surface area contributed by atoms with Crippen molar-refractivity contribution in [3.8, 4) is 0 Å². The molecule has 0 aliphatic heterocycles. The van der Waals surface area contributed by atoms with Crippen LogP contribution in [0.15, 0.2) is 17.9 Å². The van der Waals surface area contributed by atoms with Crippen LogP contribution in [0.5, 0.6) is 0 Å². The van der Waals surface area contributed by atoms with Gasteiger partial charge in [0.1, 0.15) is 0 Å². The van der Waals surface area contributed by atoms with Crippen molar-refractivity contribution in [1.29, 1.82) is 0 Å². The molecule has 0 spiro atoms. The van der Waals surface area contributed by atoms with Crippen LogP contribution >= 0.6 is 0 Å². The van der Waals surface area contributed by atoms with Gasteiger partial charge in [-0.2, -0.15) is 0 Å². The summed E-state index contributed by atoms with van der Waals surface area (Å²) in [5, 5.41) is 0.